The van der Waals surface area contributed by atoms with E-state index in [9.17, 15) is 0 Å². The van der Waals surface area contributed by atoms with Gasteiger partial charge in [0.05, 0.1) is 0 Å². The van der Waals surface area contributed by atoms with Crippen LogP contribution < -0.4 is 0 Å². The lowest BCUT2D eigenvalue weighted by molar-refractivity contribution is 0.868. The van der Waals surface area contributed by atoms with E-state index in [0.717, 1.165) is 0 Å². The predicted octanol–water partition coefficient (Wildman–Crippen LogP) is 3.40. The molecule has 0 saturated heterocycles. The lowest BCUT2D eigenvalue weighted by atomic mass is 10.2. The van der Waals surface area contributed by atoms with Crippen LogP contribution in [0, 0.1) is 0 Å². The second-order valence-electron chi connectivity index (χ2n) is 2.56. The monoisotopic (exact) mass is 146 g/mol. The first-order chi connectivity index (χ1) is 5.50. The summed E-state index contributed by atoms with van der Waals surface area (Å²) in [7, 11) is 0. The van der Waals surface area contributed by atoms with Gasteiger partial charge in [0, 0.05) is 0 Å². The van der Waals surface area contributed by atoms with E-state index in [2.05, 4.69) is 36.5 Å². The third-order valence-electron chi connectivity index (χ3n) is 1.57. The zero-order valence-corrected chi connectivity index (χ0v) is 6.74. The Hall–Kier alpha value is -1.04. The first-order valence-electron chi connectivity index (χ1n) is 4.15. The minimum absolute atomic E-state index is 1.19. The third-order valence-corrected chi connectivity index (χ3v) is 1.57. The van der Waals surface area contributed by atoms with Crippen molar-refractivity contribution in [3.05, 3.63) is 48.6 Å². The van der Waals surface area contributed by atoms with Crippen LogP contribution in [-0.2, 0) is 0 Å². The minimum atomic E-state index is 1.19. The Morgan fingerprint density at radius 1 is 0.545 bits per heavy atom. The van der Waals surface area contributed by atoms with Gasteiger partial charge in [0.2, 0.25) is 0 Å². The molecule has 0 saturated carbocycles. The molecule has 0 amide bonds. The standard InChI is InChI=1S/C11H14/c1-2-4-6-8-10-11-9-7-5-3-1/h1-8H,9-11H2/b3-1-,4-2-,7-5+,8-6+. The largest absolute Gasteiger partial charge is 0.0845 e. The molecule has 0 aromatic heterocycles. The Balaban J connectivity index is 2.47. The maximum absolute atomic E-state index is 2.21. The molecule has 1 aliphatic carbocycles. The molecule has 0 spiro atoms. The van der Waals surface area contributed by atoms with Crippen LogP contribution in [-0.4, -0.2) is 0 Å². The van der Waals surface area contributed by atoms with Gasteiger partial charge in [-0.05, 0) is 19.3 Å². The van der Waals surface area contributed by atoms with Crippen LogP contribution in [0.3, 0.4) is 0 Å². The highest BCUT2D eigenvalue weighted by Crippen LogP contribution is 1.99. The molecule has 0 N–H and O–H groups in total. The Morgan fingerprint density at radius 2 is 1.00 bits per heavy atom. The Labute approximate surface area is 68.6 Å². The fraction of sp³-hybridized carbons (Fsp3) is 0.273. The fourth-order valence-corrected chi connectivity index (χ4v) is 0.960. The molecule has 0 radical (unpaired) electrons. The van der Waals surface area contributed by atoms with Crippen LogP contribution in [0.4, 0.5) is 0 Å². The van der Waals surface area contributed by atoms with Crippen LogP contribution in [0.5, 0.6) is 0 Å². The van der Waals surface area contributed by atoms with E-state index in [1.54, 1.807) is 0 Å². The van der Waals surface area contributed by atoms with Crippen molar-refractivity contribution >= 4 is 0 Å². The van der Waals surface area contributed by atoms with Crippen LogP contribution >= 0.6 is 0 Å². The number of hydrogen-bond donors (Lipinski definition) is 0. The van der Waals surface area contributed by atoms with Crippen molar-refractivity contribution in [1.82, 2.24) is 0 Å². The summed E-state index contributed by atoms with van der Waals surface area (Å²) in [4.78, 5) is 0. The smallest absolute Gasteiger partial charge is 0.0345 e. The summed E-state index contributed by atoms with van der Waals surface area (Å²) in [6.45, 7) is 0. The molecule has 0 fully saturated rings. The highest BCUT2D eigenvalue weighted by molar-refractivity contribution is 5.15. The normalized spacial score (nSPS) is 29.8. The molecule has 1 rings (SSSR count). The zero-order valence-electron chi connectivity index (χ0n) is 6.74. The summed E-state index contributed by atoms with van der Waals surface area (Å²) >= 11 is 0. The fourth-order valence-electron chi connectivity index (χ4n) is 0.960. The van der Waals surface area contributed by atoms with Crippen molar-refractivity contribution in [3.63, 3.8) is 0 Å². The highest BCUT2D eigenvalue weighted by atomic mass is 13.9. The molecule has 0 aromatic rings. The molecule has 0 bridgehead atoms. The SMILES string of the molecule is C1=C\C=C\CCC\C=C\C=C/1. The molecule has 0 nitrogen and oxygen atoms in total. The van der Waals surface area contributed by atoms with E-state index < -0.39 is 0 Å². The van der Waals surface area contributed by atoms with Crippen LogP contribution in [0.1, 0.15) is 19.3 Å². The van der Waals surface area contributed by atoms with E-state index >= 15 is 0 Å². The minimum Gasteiger partial charge on any atom is -0.0845 e. The Kier molecular flexibility index (Phi) is 4.19. The van der Waals surface area contributed by atoms with E-state index in [1.165, 1.54) is 19.3 Å². The lowest BCUT2D eigenvalue weighted by Crippen LogP contribution is -1.67. The van der Waals surface area contributed by atoms with Crippen LogP contribution in [0.15, 0.2) is 48.6 Å². The van der Waals surface area contributed by atoms with Gasteiger partial charge in [0.1, 0.15) is 0 Å². The molecule has 0 heteroatoms. The summed E-state index contributed by atoms with van der Waals surface area (Å²) in [6, 6.07) is 0. The summed E-state index contributed by atoms with van der Waals surface area (Å²) in [6.07, 6.45) is 20.5. The topological polar surface area (TPSA) is 0 Å². The highest BCUT2D eigenvalue weighted by Gasteiger charge is 1.79. The quantitative estimate of drug-likeness (QED) is 0.491. The molecular weight excluding hydrogens is 132 g/mol. The van der Waals surface area contributed by atoms with Gasteiger partial charge in [0.25, 0.3) is 0 Å². The van der Waals surface area contributed by atoms with Crippen molar-refractivity contribution in [2.24, 2.45) is 0 Å². The second kappa shape index (κ2) is 5.72. The first-order valence-corrected chi connectivity index (χ1v) is 4.15. The molecular formula is C11H14. The van der Waals surface area contributed by atoms with Crippen molar-refractivity contribution < 1.29 is 0 Å². The number of rotatable bonds is 0. The first kappa shape index (κ1) is 8.06. The maximum Gasteiger partial charge on any atom is -0.0345 e. The third kappa shape index (κ3) is 4.38. The summed E-state index contributed by atoms with van der Waals surface area (Å²) in [5.74, 6) is 0. The molecule has 0 atom stereocenters. The summed E-state index contributed by atoms with van der Waals surface area (Å²) < 4.78 is 0. The van der Waals surface area contributed by atoms with Crippen LogP contribution in [0.2, 0.25) is 0 Å². The van der Waals surface area contributed by atoms with Gasteiger partial charge in [-0.2, -0.15) is 0 Å². The van der Waals surface area contributed by atoms with Crippen molar-refractivity contribution in [2.45, 2.75) is 19.3 Å². The van der Waals surface area contributed by atoms with Gasteiger partial charge in [0.15, 0.2) is 0 Å². The average molecular weight is 146 g/mol. The second-order valence-corrected chi connectivity index (χ2v) is 2.56. The summed E-state index contributed by atoms with van der Waals surface area (Å²) in [5.41, 5.74) is 0. The maximum atomic E-state index is 2.21. The predicted molar refractivity (Wildman–Crippen MR) is 50.4 cm³/mol. The average Bonchev–Trinajstić information content (AvgIpc) is 2.08. The van der Waals surface area contributed by atoms with E-state index in [4.69, 9.17) is 0 Å². The van der Waals surface area contributed by atoms with Gasteiger partial charge >= 0.3 is 0 Å². The molecule has 11 heavy (non-hydrogen) atoms. The van der Waals surface area contributed by atoms with Crippen LogP contribution in [0.25, 0.3) is 0 Å². The molecule has 1 aliphatic rings. The van der Waals surface area contributed by atoms with E-state index in [0.29, 0.717) is 0 Å². The summed E-state index contributed by atoms with van der Waals surface area (Å²) in [5, 5.41) is 0. The number of allylic oxidation sites excluding steroid dienone is 8. The van der Waals surface area contributed by atoms with E-state index in [1.807, 2.05) is 12.2 Å². The molecule has 0 heterocycles. The lowest BCUT2D eigenvalue weighted by Gasteiger charge is -1.87. The Morgan fingerprint density at radius 3 is 1.55 bits per heavy atom. The molecule has 0 unspecified atom stereocenters. The molecule has 0 aromatic carbocycles. The van der Waals surface area contributed by atoms with Gasteiger partial charge in [-0.15, -0.1) is 0 Å². The molecule has 0 aliphatic heterocycles. The van der Waals surface area contributed by atoms with Gasteiger partial charge in [-0.25, -0.2) is 0 Å². The zero-order chi connectivity index (χ0) is 7.78. The van der Waals surface area contributed by atoms with Gasteiger partial charge in [-0.1, -0.05) is 48.6 Å². The Bertz CT molecular complexity index is 170. The molecule has 58 valence electrons. The van der Waals surface area contributed by atoms with Crippen molar-refractivity contribution in [2.75, 3.05) is 0 Å². The van der Waals surface area contributed by atoms with Gasteiger partial charge in [-0.3, -0.25) is 0 Å². The van der Waals surface area contributed by atoms with E-state index in [-0.39, 0.29) is 0 Å². The van der Waals surface area contributed by atoms with Crippen molar-refractivity contribution in [1.29, 1.82) is 0 Å². The van der Waals surface area contributed by atoms with Gasteiger partial charge < -0.3 is 0 Å². The van der Waals surface area contributed by atoms with Crippen molar-refractivity contribution in [3.8, 4) is 0 Å². The number of hydrogen-bond acceptors (Lipinski definition) is 0.